The van der Waals surface area contributed by atoms with Gasteiger partial charge in [0.05, 0.1) is 15.5 Å². The van der Waals surface area contributed by atoms with Crippen molar-refractivity contribution in [3.63, 3.8) is 0 Å². The van der Waals surface area contributed by atoms with Gasteiger partial charge in [-0.2, -0.15) is 0 Å². The van der Waals surface area contributed by atoms with Gasteiger partial charge in [0, 0.05) is 24.1 Å². The second kappa shape index (κ2) is 7.55. The molecule has 132 valence electrons. The molecule has 25 heavy (non-hydrogen) atoms. The van der Waals surface area contributed by atoms with E-state index in [-0.39, 0.29) is 18.4 Å². The number of halogens is 3. The molecule has 2 aromatic rings. The van der Waals surface area contributed by atoms with Gasteiger partial charge in [0.15, 0.2) is 0 Å². The first-order chi connectivity index (χ1) is 12.0. The molecule has 0 aromatic heterocycles. The predicted molar refractivity (Wildman–Crippen MR) is 101 cm³/mol. The molecular formula is C19H18Cl3NO2. The zero-order valence-corrected chi connectivity index (χ0v) is 15.7. The van der Waals surface area contributed by atoms with Crippen LogP contribution in [-0.2, 0) is 16.6 Å². The SMILES string of the molecule is O=C(NCCc1ccccc1Cl)[C@@]1(c2ccc(Cl)c(Cl)c2)C[C@H]1CO. The first kappa shape index (κ1) is 18.5. The van der Waals surface area contributed by atoms with E-state index >= 15 is 0 Å². The zero-order chi connectivity index (χ0) is 18.0. The lowest BCUT2D eigenvalue weighted by Gasteiger charge is -2.18. The Kier molecular flexibility index (Phi) is 5.59. The molecule has 1 aliphatic rings. The van der Waals surface area contributed by atoms with E-state index in [9.17, 15) is 9.90 Å². The fraction of sp³-hybridized carbons (Fsp3) is 0.316. The number of benzene rings is 2. The topological polar surface area (TPSA) is 49.3 Å². The molecule has 2 atom stereocenters. The van der Waals surface area contributed by atoms with Crippen molar-refractivity contribution in [3.05, 3.63) is 68.7 Å². The third-order valence-electron chi connectivity index (χ3n) is 4.80. The highest BCUT2D eigenvalue weighted by Crippen LogP contribution is 2.54. The van der Waals surface area contributed by atoms with Crippen molar-refractivity contribution in [2.24, 2.45) is 5.92 Å². The van der Waals surface area contributed by atoms with Crippen molar-refractivity contribution >= 4 is 40.7 Å². The number of hydrogen-bond acceptors (Lipinski definition) is 2. The minimum Gasteiger partial charge on any atom is -0.396 e. The maximum absolute atomic E-state index is 12.8. The van der Waals surface area contributed by atoms with Crippen molar-refractivity contribution < 1.29 is 9.90 Å². The smallest absolute Gasteiger partial charge is 0.231 e. The normalized spacial score (nSPS) is 21.8. The Morgan fingerprint density at radius 1 is 1.12 bits per heavy atom. The second-order valence-corrected chi connectivity index (χ2v) is 7.50. The lowest BCUT2D eigenvalue weighted by Crippen LogP contribution is -2.37. The average Bonchev–Trinajstić information content (AvgIpc) is 3.35. The lowest BCUT2D eigenvalue weighted by molar-refractivity contribution is -0.124. The van der Waals surface area contributed by atoms with E-state index in [2.05, 4.69) is 5.32 Å². The number of rotatable bonds is 6. The van der Waals surface area contributed by atoms with E-state index in [0.29, 0.717) is 34.5 Å². The van der Waals surface area contributed by atoms with Crippen LogP contribution in [0.2, 0.25) is 15.1 Å². The molecule has 2 N–H and O–H groups in total. The summed E-state index contributed by atoms with van der Waals surface area (Å²) in [6.45, 7) is 0.433. The van der Waals surface area contributed by atoms with Gasteiger partial charge in [-0.1, -0.05) is 59.1 Å². The predicted octanol–water partition coefficient (Wildman–Crippen LogP) is 4.26. The van der Waals surface area contributed by atoms with Crippen LogP contribution in [0.1, 0.15) is 17.5 Å². The van der Waals surface area contributed by atoms with Crippen LogP contribution in [0.3, 0.4) is 0 Å². The molecule has 1 amide bonds. The molecule has 0 radical (unpaired) electrons. The highest BCUT2D eigenvalue weighted by Gasteiger charge is 2.60. The van der Waals surface area contributed by atoms with E-state index in [4.69, 9.17) is 34.8 Å². The van der Waals surface area contributed by atoms with Crippen LogP contribution < -0.4 is 5.32 Å². The van der Waals surface area contributed by atoms with E-state index < -0.39 is 5.41 Å². The van der Waals surface area contributed by atoms with Crippen molar-refractivity contribution in [1.82, 2.24) is 5.32 Å². The van der Waals surface area contributed by atoms with Crippen molar-refractivity contribution in [1.29, 1.82) is 0 Å². The Labute approximate surface area is 161 Å². The fourth-order valence-corrected chi connectivity index (χ4v) is 3.78. The van der Waals surface area contributed by atoms with Crippen LogP contribution in [0, 0.1) is 5.92 Å². The van der Waals surface area contributed by atoms with Gasteiger partial charge >= 0.3 is 0 Å². The molecule has 1 fully saturated rings. The minimum absolute atomic E-state index is 0.0435. The summed E-state index contributed by atoms with van der Waals surface area (Å²) in [5.74, 6) is -0.206. The van der Waals surface area contributed by atoms with Crippen LogP contribution in [0.5, 0.6) is 0 Å². The molecule has 3 rings (SSSR count). The molecule has 0 saturated heterocycles. The molecule has 2 aromatic carbocycles. The van der Waals surface area contributed by atoms with Crippen LogP contribution in [0.4, 0.5) is 0 Å². The minimum atomic E-state index is -0.733. The Balaban J connectivity index is 1.71. The first-order valence-corrected chi connectivity index (χ1v) is 9.20. The lowest BCUT2D eigenvalue weighted by atomic mass is 9.92. The van der Waals surface area contributed by atoms with Gasteiger partial charge in [0.1, 0.15) is 0 Å². The molecule has 0 unspecified atom stereocenters. The summed E-state index contributed by atoms with van der Waals surface area (Å²) < 4.78 is 0. The Bertz CT molecular complexity index is 796. The summed E-state index contributed by atoms with van der Waals surface area (Å²) in [7, 11) is 0. The molecule has 1 aliphatic carbocycles. The van der Waals surface area contributed by atoms with Crippen molar-refractivity contribution in [3.8, 4) is 0 Å². The van der Waals surface area contributed by atoms with E-state index in [1.165, 1.54) is 0 Å². The molecule has 0 spiro atoms. The number of nitrogens with one attached hydrogen (secondary N) is 1. The van der Waals surface area contributed by atoms with Crippen LogP contribution in [0.15, 0.2) is 42.5 Å². The molecule has 0 bridgehead atoms. The molecule has 6 heteroatoms. The number of hydrogen-bond donors (Lipinski definition) is 2. The van der Waals surface area contributed by atoms with Crippen LogP contribution >= 0.6 is 34.8 Å². The Morgan fingerprint density at radius 3 is 2.52 bits per heavy atom. The van der Waals surface area contributed by atoms with Crippen LogP contribution in [0.25, 0.3) is 0 Å². The van der Waals surface area contributed by atoms with Gasteiger partial charge in [-0.15, -0.1) is 0 Å². The van der Waals surface area contributed by atoms with Gasteiger partial charge in [-0.25, -0.2) is 0 Å². The van der Waals surface area contributed by atoms with Crippen molar-refractivity contribution in [2.45, 2.75) is 18.3 Å². The monoisotopic (exact) mass is 397 g/mol. The van der Waals surface area contributed by atoms with Gasteiger partial charge in [0.2, 0.25) is 5.91 Å². The summed E-state index contributed by atoms with van der Waals surface area (Å²) >= 11 is 18.2. The number of aliphatic hydroxyl groups is 1. The highest BCUT2D eigenvalue weighted by molar-refractivity contribution is 6.42. The maximum atomic E-state index is 12.8. The average molecular weight is 399 g/mol. The third kappa shape index (κ3) is 3.65. The molecule has 3 nitrogen and oxygen atoms in total. The molecule has 0 aliphatic heterocycles. The summed E-state index contributed by atoms with van der Waals surface area (Å²) in [5, 5.41) is 14.1. The van der Waals surface area contributed by atoms with Crippen LogP contribution in [-0.4, -0.2) is 24.2 Å². The quantitative estimate of drug-likeness (QED) is 0.764. The van der Waals surface area contributed by atoms with Crippen molar-refractivity contribution in [2.75, 3.05) is 13.2 Å². The number of carbonyl (C=O) groups is 1. The number of amides is 1. The first-order valence-electron chi connectivity index (χ1n) is 8.07. The van der Waals surface area contributed by atoms with E-state index in [1.807, 2.05) is 24.3 Å². The zero-order valence-electron chi connectivity index (χ0n) is 13.4. The van der Waals surface area contributed by atoms with Gasteiger partial charge in [0.25, 0.3) is 0 Å². The summed E-state index contributed by atoms with van der Waals surface area (Å²) in [6, 6.07) is 12.8. The van der Waals surface area contributed by atoms with Gasteiger partial charge < -0.3 is 10.4 Å². The standard InChI is InChI=1S/C19H18Cl3NO2/c20-15-4-2-1-3-12(15)7-8-23-18(25)19(10-14(19)11-24)13-5-6-16(21)17(22)9-13/h1-6,9,14,24H,7-8,10-11H2,(H,23,25)/t14-,19+/m0/s1. The summed E-state index contributed by atoms with van der Waals surface area (Å²) in [4.78, 5) is 12.8. The number of aliphatic hydroxyl groups excluding tert-OH is 1. The Morgan fingerprint density at radius 2 is 1.88 bits per heavy atom. The fourth-order valence-electron chi connectivity index (χ4n) is 3.26. The summed E-state index contributed by atoms with van der Waals surface area (Å²) in [6.07, 6.45) is 1.24. The Hall–Kier alpha value is -1.26. The third-order valence-corrected chi connectivity index (χ3v) is 5.91. The van der Waals surface area contributed by atoms with E-state index in [1.54, 1.807) is 18.2 Å². The largest absolute Gasteiger partial charge is 0.396 e. The molecule has 1 saturated carbocycles. The second-order valence-electron chi connectivity index (χ2n) is 6.28. The molecular weight excluding hydrogens is 381 g/mol. The van der Waals surface area contributed by atoms with Gasteiger partial charge in [-0.3, -0.25) is 4.79 Å². The maximum Gasteiger partial charge on any atom is 0.231 e. The number of carbonyl (C=O) groups excluding carboxylic acids is 1. The molecule has 0 heterocycles. The summed E-state index contributed by atoms with van der Waals surface area (Å²) in [5.41, 5.74) is 1.04. The van der Waals surface area contributed by atoms with Gasteiger partial charge in [-0.05, 0) is 42.2 Å². The highest BCUT2D eigenvalue weighted by atomic mass is 35.5. The van der Waals surface area contributed by atoms with E-state index in [0.717, 1.165) is 11.1 Å².